The third-order valence-electron chi connectivity index (χ3n) is 4.33. The molecule has 0 saturated carbocycles. The number of sulfonamides is 2. The number of benzene rings is 1. The first kappa shape index (κ1) is 22.0. The van der Waals surface area contributed by atoms with Crippen LogP contribution in [0.25, 0.3) is 0 Å². The Morgan fingerprint density at radius 1 is 0.931 bits per heavy atom. The summed E-state index contributed by atoms with van der Waals surface area (Å²) in [6, 6.07) is 5.23. The molecule has 0 N–H and O–H groups in total. The van der Waals surface area contributed by atoms with Crippen LogP contribution in [-0.4, -0.2) is 56.6 Å². The van der Waals surface area contributed by atoms with Crippen molar-refractivity contribution in [1.29, 1.82) is 0 Å². The van der Waals surface area contributed by atoms with Gasteiger partial charge in [0.05, 0.1) is 10.5 Å². The van der Waals surface area contributed by atoms with Gasteiger partial charge in [-0.2, -0.15) is 21.8 Å². The van der Waals surface area contributed by atoms with Gasteiger partial charge in [-0.25, -0.2) is 16.8 Å². The van der Waals surface area contributed by atoms with Crippen LogP contribution in [0.15, 0.2) is 52.5 Å². The molecule has 29 heavy (non-hydrogen) atoms. The van der Waals surface area contributed by atoms with Gasteiger partial charge in [-0.1, -0.05) is 11.6 Å². The molecular weight excluding hydrogens is 455 g/mol. The van der Waals surface area contributed by atoms with Crippen LogP contribution < -0.4 is 0 Å². The normalized spacial score (nSPS) is 17.4. The average molecular weight is 470 g/mol. The van der Waals surface area contributed by atoms with E-state index in [0.717, 1.165) is 20.7 Å². The molecule has 1 aliphatic rings. The van der Waals surface area contributed by atoms with Crippen molar-refractivity contribution in [1.82, 2.24) is 13.6 Å². The molecular formula is C16H15ClF3N3O4S2. The maximum absolute atomic E-state index is 13.3. The van der Waals surface area contributed by atoms with Crippen LogP contribution >= 0.6 is 11.6 Å². The van der Waals surface area contributed by atoms with Crippen molar-refractivity contribution in [2.75, 3.05) is 26.2 Å². The van der Waals surface area contributed by atoms with Crippen molar-refractivity contribution in [3.05, 3.63) is 53.3 Å². The monoisotopic (exact) mass is 469 g/mol. The van der Waals surface area contributed by atoms with Crippen molar-refractivity contribution >= 4 is 31.6 Å². The van der Waals surface area contributed by atoms with Gasteiger partial charge in [-0.05, 0) is 30.3 Å². The number of halogens is 4. The first-order chi connectivity index (χ1) is 13.4. The van der Waals surface area contributed by atoms with Crippen molar-refractivity contribution in [2.24, 2.45) is 0 Å². The number of hydrogen-bond donors (Lipinski definition) is 0. The Hall–Kier alpha value is -1.73. The van der Waals surface area contributed by atoms with E-state index in [1.807, 2.05) is 0 Å². The van der Waals surface area contributed by atoms with E-state index in [1.165, 1.54) is 24.5 Å². The second-order valence-corrected chi connectivity index (χ2v) is 10.4. The quantitative estimate of drug-likeness (QED) is 0.686. The Morgan fingerprint density at radius 3 is 2.03 bits per heavy atom. The van der Waals surface area contributed by atoms with Crippen molar-refractivity contribution in [3.63, 3.8) is 0 Å². The van der Waals surface area contributed by atoms with Gasteiger partial charge in [0.25, 0.3) is 0 Å². The highest BCUT2D eigenvalue weighted by molar-refractivity contribution is 7.89. The second kappa shape index (κ2) is 7.84. The van der Waals surface area contributed by atoms with Gasteiger partial charge in [0, 0.05) is 43.6 Å². The second-order valence-electron chi connectivity index (χ2n) is 6.14. The molecule has 0 radical (unpaired) electrons. The number of pyridine rings is 1. The van der Waals surface area contributed by atoms with E-state index in [0.29, 0.717) is 6.07 Å². The minimum Gasteiger partial charge on any atom is -0.263 e. The van der Waals surface area contributed by atoms with Gasteiger partial charge >= 0.3 is 6.18 Å². The molecule has 1 aromatic carbocycles. The summed E-state index contributed by atoms with van der Waals surface area (Å²) in [6.07, 6.45) is -2.34. The van der Waals surface area contributed by atoms with E-state index in [1.54, 1.807) is 0 Å². The fraction of sp³-hybridized carbons (Fsp3) is 0.312. The van der Waals surface area contributed by atoms with Gasteiger partial charge in [-0.3, -0.25) is 4.98 Å². The molecule has 1 aliphatic heterocycles. The summed E-state index contributed by atoms with van der Waals surface area (Å²) in [5.74, 6) is 0. The van der Waals surface area contributed by atoms with Crippen molar-refractivity contribution in [3.8, 4) is 0 Å². The predicted octanol–water partition coefficient (Wildman–Crippen LogP) is 2.45. The molecule has 7 nitrogen and oxygen atoms in total. The van der Waals surface area contributed by atoms with E-state index in [-0.39, 0.29) is 36.1 Å². The topological polar surface area (TPSA) is 87.7 Å². The van der Waals surface area contributed by atoms with Crippen LogP contribution in [0.2, 0.25) is 5.02 Å². The summed E-state index contributed by atoms with van der Waals surface area (Å²) in [6.45, 7) is -0.986. The summed E-state index contributed by atoms with van der Waals surface area (Å²) in [5.41, 5.74) is -1.37. The molecule has 1 aromatic heterocycles. The third-order valence-corrected chi connectivity index (χ3v) is 8.41. The molecule has 0 aliphatic carbocycles. The van der Waals surface area contributed by atoms with Crippen LogP contribution in [0.3, 0.4) is 0 Å². The van der Waals surface area contributed by atoms with Crippen molar-refractivity contribution in [2.45, 2.75) is 16.0 Å². The van der Waals surface area contributed by atoms with Gasteiger partial charge in [0.1, 0.15) is 4.90 Å². The average Bonchev–Trinajstić information content (AvgIpc) is 2.68. The molecule has 0 bridgehead atoms. The zero-order valence-corrected chi connectivity index (χ0v) is 17.1. The van der Waals surface area contributed by atoms with Crippen LogP contribution in [0.5, 0.6) is 0 Å². The number of alkyl halides is 3. The van der Waals surface area contributed by atoms with E-state index in [2.05, 4.69) is 4.98 Å². The summed E-state index contributed by atoms with van der Waals surface area (Å²) >= 11 is 5.60. The molecule has 0 spiro atoms. The van der Waals surface area contributed by atoms with E-state index in [4.69, 9.17) is 11.6 Å². The largest absolute Gasteiger partial charge is 0.417 e. The lowest BCUT2D eigenvalue weighted by molar-refractivity contribution is -0.139. The SMILES string of the molecule is O=S(=O)(c1cccnc1)N1CCN(S(=O)(=O)c2ccc(Cl)cc2C(F)(F)F)CC1. The Kier molecular flexibility index (Phi) is 5.94. The van der Waals surface area contributed by atoms with Crippen LogP contribution in [0.1, 0.15) is 5.56 Å². The molecule has 3 rings (SSSR count). The standard InChI is InChI=1S/C16H15ClF3N3O4S2/c17-12-3-4-15(14(10-12)16(18,19)20)29(26,27)23-8-6-22(7-9-23)28(24,25)13-2-1-5-21-11-13/h1-5,10-11H,6-9H2. The fourth-order valence-corrected chi connectivity index (χ4v) is 6.06. The number of aromatic nitrogens is 1. The molecule has 1 fully saturated rings. The first-order valence-electron chi connectivity index (χ1n) is 8.21. The Morgan fingerprint density at radius 2 is 1.52 bits per heavy atom. The van der Waals surface area contributed by atoms with Gasteiger partial charge < -0.3 is 0 Å². The summed E-state index contributed by atoms with van der Waals surface area (Å²) in [5, 5.41) is -0.247. The van der Waals surface area contributed by atoms with E-state index < -0.39 is 36.7 Å². The molecule has 158 valence electrons. The lowest BCUT2D eigenvalue weighted by atomic mass is 10.2. The van der Waals surface area contributed by atoms with Crippen molar-refractivity contribution < 1.29 is 30.0 Å². The third kappa shape index (κ3) is 4.40. The predicted molar refractivity (Wildman–Crippen MR) is 98.2 cm³/mol. The molecule has 0 unspecified atom stereocenters. The molecule has 1 saturated heterocycles. The Balaban J connectivity index is 1.85. The molecule has 2 aromatic rings. The zero-order valence-electron chi connectivity index (χ0n) is 14.7. The highest BCUT2D eigenvalue weighted by atomic mass is 35.5. The highest BCUT2D eigenvalue weighted by Crippen LogP contribution is 2.37. The number of nitrogens with zero attached hydrogens (tertiary/aromatic N) is 3. The Bertz CT molecular complexity index is 1100. The number of piperazine rings is 1. The summed E-state index contributed by atoms with van der Waals surface area (Å²) in [7, 11) is -8.39. The molecule has 0 amide bonds. The Labute approximate surface area is 170 Å². The van der Waals surface area contributed by atoms with E-state index in [9.17, 15) is 30.0 Å². The van der Waals surface area contributed by atoms with Crippen LogP contribution in [0, 0.1) is 0 Å². The van der Waals surface area contributed by atoms with Gasteiger partial charge in [0.15, 0.2) is 0 Å². The van der Waals surface area contributed by atoms with E-state index >= 15 is 0 Å². The maximum atomic E-state index is 13.3. The first-order valence-corrected chi connectivity index (χ1v) is 11.5. The number of rotatable bonds is 4. The zero-order chi connectivity index (χ0) is 21.4. The maximum Gasteiger partial charge on any atom is 0.417 e. The fourth-order valence-electron chi connectivity index (χ4n) is 2.89. The highest BCUT2D eigenvalue weighted by Gasteiger charge is 2.41. The minimum absolute atomic E-state index is 0.0478. The summed E-state index contributed by atoms with van der Waals surface area (Å²) in [4.78, 5) is 2.78. The minimum atomic E-state index is -4.92. The molecule has 2 heterocycles. The molecule has 13 heteroatoms. The van der Waals surface area contributed by atoms with Crippen LogP contribution in [-0.2, 0) is 26.2 Å². The smallest absolute Gasteiger partial charge is 0.263 e. The molecule has 0 atom stereocenters. The number of hydrogen-bond acceptors (Lipinski definition) is 5. The van der Waals surface area contributed by atoms with Crippen LogP contribution in [0.4, 0.5) is 13.2 Å². The lowest BCUT2D eigenvalue weighted by Gasteiger charge is -2.33. The van der Waals surface area contributed by atoms with Gasteiger partial charge in [-0.15, -0.1) is 0 Å². The lowest BCUT2D eigenvalue weighted by Crippen LogP contribution is -2.50. The van der Waals surface area contributed by atoms with Gasteiger partial charge in [0.2, 0.25) is 20.0 Å². The summed E-state index contributed by atoms with van der Waals surface area (Å²) < 4.78 is 92.6.